The number of hydrogen-bond acceptors (Lipinski definition) is 3. The SMILES string of the molecule is Cc1ccc(Nc2cnc3cc4ccccc4cc3n2)cc1C. The van der Waals surface area contributed by atoms with Crippen molar-refractivity contribution in [3.63, 3.8) is 0 Å². The summed E-state index contributed by atoms with van der Waals surface area (Å²) in [6.07, 6.45) is 1.78. The van der Waals surface area contributed by atoms with Crippen LogP contribution in [0.5, 0.6) is 0 Å². The van der Waals surface area contributed by atoms with E-state index in [-0.39, 0.29) is 0 Å². The van der Waals surface area contributed by atoms with E-state index in [9.17, 15) is 0 Å². The molecule has 0 atom stereocenters. The van der Waals surface area contributed by atoms with Gasteiger partial charge in [-0.15, -0.1) is 0 Å². The topological polar surface area (TPSA) is 37.8 Å². The van der Waals surface area contributed by atoms with Crippen LogP contribution in [0, 0.1) is 13.8 Å². The third-order valence-corrected chi connectivity index (χ3v) is 4.19. The first kappa shape index (κ1) is 13.7. The van der Waals surface area contributed by atoms with Gasteiger partial charge in [0.2, 0.25) is 0 Å². The Morgan fingerprint density at radius 2 is 1.52 bits per heavy atom. The molecule has 3 heteroatoms. The number of nitrogens with zero attached hydrogens (tertiary/aromatic N) is 2. The second-order valence-electron chi connectivity index (χ2n) is 5.87. The Bertz CT molecular complexity index is 1020. The van der Waals surface area contributed by atoms with E-state index in [0.717, 1.165) is 22.5 Å². The fourth-order valence-electron chi connectivity index (χ4n) is 2.73. The second kappa shape index (κ2) is 5.36. The zero-order valence-corrected chi connectivity index (χ0v) is 13.2. The van der Waals surface area contributed by atoms with Crippen molar-refractivity contribution in [2.24, 2.45) is 0 Å². The van der Waals surface area contributed by atoms with E-state index in [2.05, 4.69) is 66.6 Å². The van der Waals surface area contributed by atoms with Gasteiger partial charge < -0.3 is 5.32 Å². The van der Waals surface area contributed by atoms with Crippen LogP contribution in [0.2, 0.25) is 0 Å². The van der Waals surface area contributed by atoms with Gasteiger partial charge in [-0.1, -0.05) is 30.3 Å². The molecule has 0 aliphatic heterocycles. The van der Waals surface area contributed by atoms with Crippen molar-refractivity contribution in [1.82, 2.24) is 9.97 Å². The average Bonchev–Trinajstić information content (AvgIpc) is 2.56. The number of aromatic nitrogens is 2. The summed E-state index contributed by atoms with van der Waals surface area (Å²) < 4.78 is 0. The van der Waals surface area contributed by atoms with Crippen LogP contribution >= 0.6 is 0 Å². The van der Waals surface area contributed by atoms with Crippen LogP contribution < -0.4 is 5.32 Å². The predicted molar refractivity (Wildman–Crippen MR) is 96.2 cm³/mol. The lowest BCUT2D eigenvalue weighted by Crippen LogP contribution is -1.96. The molecule has 0 saturated carbocycles. The van der Waals surface area contributed by atoms with Crippen LogP contribution in [-0.2, 0) is 0 Å². The maximum atomic E-state index is 4.70. The third kappa shape index (κ3) is 2.61. The van der Waals surface area contributed by atoms with E-state index >= 15 is 0 Å². The van der Waals surface area contributed by atoms with Crippen molar-refractivity contribution in [1.29, 1.82) is 0 Å². The van der Waals surface area contributed by atoms with Crippen LogP contribution in [0.1, 0.15) is 11.1 Å². The summed E-state index contributed by atoms with van der Waals surface area (Å²) in [6, 6.07) is 18.7. The molecule has 23 heavy (non-hydrogen) atoms. The van der Waals surface area contributed by atoms with Gasteiger partial charge in [0.25, 0.3) is 0 Å². The molecule has 0 saturated heterocycles. The predicted octanol–water partition coefficient (Wildman–Crippen LogP) is 5.14. The molecule has 0 unspecified atom stereocenters. The van der Waals surface area contributed by atoms with E-state index in [1.165, 1.54) is 21.9 Å². The smallest absolute Gasteiger partial charge is 0.149 e. The highest BCUT2D eigenvalue weighted by atomic mass is 15.0. The van der Waals surface area contributed by atoms with Gasteiger partial charge in [-0.25, -0.2) is 4.98 Å². The highest BCUT2D eigenvalue weighted by Crippen LogP contribution is 2.23. The first-order chi connectivity index (χ1) is 11.2. The molecule has 3 aromatic carbocycles. The summed E-state index contributed by atoms with van der Waals surface area (Å²) in [6.45, 7) is 4.22. The van der Waals surface area contributed by atoms with Crippen LogP contribution in [0.4, 0.5) is 11.5 Å². The lowest BCUT2D eigenvalue weighted by Gasteiger charge is -2.09. The maximum Gasteiger partial charge on any atom is 0.149 e. The normalized spacial score (nSPS) is 11.0. The minimum atomic E-state index is 0.760. The van der Waals surface area contributed by atoms with Crippen molar-refractivity contribution < 1.29 is 0 Å². The minimum Gasteiger partial charge on any atom is -0.339 e. The molecule has 0 aliphatic carbocycles. The lowest BCUT2D eigenvalue weighted by molar-refractivity contribution is 1.27. The molecule has 3 nitrogen and oxygen atoms in total. The van der Waals surface area contributed by atoms with Crippen LogP contribution in [0.3, 0.4) is 0 Å². The number of benzene rings is 3. The van der Waals surface area contributed by atoms with Crippen molar-refractivity contribution in [2.45, 2.75) is 13.8 Å². The highest BCUT2D eigenvalue weighted by Gasteiger charge is 2.03. The van der Waals surface area contributed by atoms with Gasteiger partial charge in [-0.05, 0) is 60.0 Å². The molecule has 1 N–H and O–H groups in total. The zero-order valence-electron chi connectivity index (χ0n) is 13.2. The quantitative estimate of drug-likeness (QED) is 0.520. The fraction of sp³-hybridized carbons (Fsp3) is 0.100. The summed E-state index contributed by atoms with van der Waals surface area (Å²) >= 11 is 0. The van der Waals surface area contributed by atoms with Crippen LogP contribution in [0.25, 0.3) is 21.8 Å². The van der Waals surface area contributed by atoms with E-state index in [1.807, 2.05) is 12.1 Å². The van der Waals surface area contributed by atoms with E-state index in [1.54, 1.807) is 6.20 Å². The van der Waals surface area contributed by atoms with E-state index in [0.29, 0.717) is 0 Å². The molecule has 4 aromatic rings. The summed E-state index contributed by atoms with van der Waals surface area (Å²) in [5.41, 5.74) is 5.38. The zero-order chi connectivity index (χ0) is 15.8. The van der Waals surface area contributed by atoms with Crippen molar-refractivity contribution in [3.8, 4) is 0 Å². The summed E-state index contributed by atoms with van der Waals surface area (Å²) in [5, 5.41) is 5.70. The van der Waals surface area contributed by atoms with Gasteiger partial charge in [0.15, 0.2) is 0 Å². The molecule has 4 rings (SSSR count). The number of hydrogen-bond donors (Lipinski definition) is 1. The Labute approximate surface area is 135 Å². The summed E-state index contributed by atoms with van der Waals surface area (Å²) in [7, 11) is 0. The van der Waals surface area contributed by atoms with Gasteiger partial charge in [0.1, 0.15) is 5.82 Å². The fourth-order valence-corrected chi connectivity index (χ4v) is 2.73. The van der Waals surface area contributed by atoms with Gasteiger partial charge in [-0.3, -0.25) is 4.98 Å². The molecule has 1 heterocycles. The molecule has 0 aliphatic rings. The van der Waals surface area contributed by atoms with Crippen LogP contribution in [-0.4, -0.2) is 9.97 Å². The van der Waals surface area contributed by atoms with Crippen molar-refractivity contribution in [3.05, 3.63) is 71.9 Å². The lowest BCUT2D eigenvalue weighted by atomic mass is 10.1. The summed E-state index contributed by atoms with van der Waals surface area (Å²) in [4.78, 5) is 9.24. The Morgan fingerprint density at radius 3 is 2.26 bits per heavy atom. The highest BCUT2D eigenvalue weighted by molar-refractivity contribution is 5.95. The first-order valence-electron chi connectivity index (χ1n) is 7.69. The molecule has 112 valence electrons. The van der Waals surface area contributed by atoms with E-state index in [4.69, 9.17) is 4.98 Å². The number of nitrogens with one attached hydrogen (secondary N) is 1. The molecular weight excluding hydrogens is 282 g/mol. The molecule has 0 amide bonds. The van der Waals surface area contributed by atoms with Gasteiger partial charge >= 0.3 is 0 Å². The standard InChI is InChI=1S/C20H17N3/c1-13-7-8-17(9-14(13)2)22-20-12-21-18-10-15-5-3-4-6-16(15)11-19(18)23-20/h3-12H,1-2H3,(H,22,23). The number of rotatable bonds is 2. The van der Waals surface area contributed by atoms with Crippen molar-refractivity contribution >= 4 is 33.3 Å². The van der Waals surface area contributed by atoms with Crippen LogP contribution in [0.15, 0.2) is 60.8 Å². The summed E-state index contributed by atoms with van der Waals surface area (Å²) in [5.74, 6) is 0.760. The van der Waals surface area contributed by atoms with Gasteiger partial charge in [0, 0.05) is 5.69 Å². The van der Waals surface area contributed by atoms with Gasteiger partial charge in [0.05, 0.1) is 17.2 Å². The largest absolute Gasteiger partial charge is 0.339 e. The molecule has 0 bridgehead atoms. The molecular formula is C20H17N3. The molecule has 0 fully saturated rings. The van der Waals surface area contributed by atoms with Gasteiger partial charge in [-0.2, -0.15) is 0 Å². The average molecular weight is 299 g/mol. The Hall–Kier alpha value is -2.94. The number of anilines is 2. The Morgan fingerprint density at radius 1 is 0.783 bits per heavy atom. The van der Waals surface area contributed by atoms with E-state index < -0.39 is 0 Å². The third-order valence-electron chi connectivity index (χ3n) is 4.19. The molecule has 0 spiro atoms. The minimum absolute atomic E-state index is 0.760. The molecule has 0 radical (unpaired) electrons. The first-order valence-corrected chi connectivity index (χ1v) is 7.69. The Kier molecular flexibility index (Phi) is 3.19. The Balaban J connectivity index is 1.75. The maximum absolute atomic E-state index is 4.70. The number of fused-ring (bicyclic) bond motifs is 2. The second-order valence-corrected chi connectivity index (χ2v) is 5.87. The van der Waals surface area contributed by atoms with Crippen molar-refractivity contribution in [2.75, 3.05) is 5.32 Å². The molecule has 1 aromatic heterocycles. The number of aryl methyl sites for hydroxylation is 2. The monoisotopic (exact) mass is 299 g/mol.